The van der Waals surface area contributed by atoms with Crippen molar-refractivity contribution in [2.75, 3.05) is 20.3 Å². The molecule has 5 nitrogen and oxygen atoms in total. The number of hydrogen-bond acceptors (Lipinski definition) is 4. The van der Waals surface area contributed by atoms with Crippen LogP contribution in [0, 0.1) is 5.92 Å². The lowest BCUT2D eigenvalue weighted by Gasteiger charge is -2.12. The number of amides is 1. The summed E-state index contributed by atoms with van der Waals surface area (Å²) >= 11 is 4.91. The molecule has 0 bridgehead atoms. The van der Waals surface area contributed by atoms with E-state index in [4.69, 9.17) is 27.4 Å². The lowest BCUT2D eigenvalue weighted by atomic mass is 10.1. The first-order valence-electron chi connectivity index (χ1n) is 6.81. The van der Waals surface area contributed by atoms with Crippen LogP contribution in [0.25, 0.3) is 0 Å². The van der Waals surface area contributed by atoms with Crippen LogP contribution >= 0.6 is 12.2 Å². The van der Waals surface area contributed by atoms with Crippen LogP contribution in [0.1, 0.15) is 25.8 Å². The topological polar surface area (TPSA) is 73.6 Å². The largest absolute Gasteiger partial charge is 0.493 e. The Kier molecular flexibility index (Phi) is 6.94. The number of carbonyl (C=O) groups excluding carboxylic acids is 1. The lowest BCUT2D eigenvalue weighted by molar-refractivity contribution is -0.123. The van der Waals surface area contributed by atoms with Crippen LogP contribution in [0.3, 0.4) is 0 Å². The molecule has 6 heteroatoms. The molecule has 1 aromatic rings. The smallest absolute Gasteiger partial charge is 0.257 e. The summed E-state index contributed by atoms with van der Waals surface area (Å²) in [5.41, 5.74) is 6.25. The number of rotatable bonds is 8. The molecule has 0 aliphatic rings. The second-order valence-corrected chi connectivity index (χ2v) is 5.49. The SMILES string of the molecule is COc1cc(C(N)=S)ccc1OCC(=O)NCCC(C)C. The zero-order valence-electron chi connectivity index (χ0n) is 12.6. The molecule has 0 spiro atoms. The predicted octanol–water partition coefficient (Wildman–Crippen LogP) is 1.87. The van der Waals surface area contributed by atoms with Gasteiger partial charge in [-0.15, -0.1) is 0 Å². The number of carbonyl (C=O) groups is 1. The fraction of sp³-hybridized carbons (Fsp3) is 0.467. The van der Waals surface area contributed by atoms with Gasteiger partial charge in [0, 0.05) is 12.1 Å². The summed E-state index contributed by atoms with van der Waals surface area (Å²) in [7, 11) is 1.52. The molecule has 0 fully saturated rings. The molecule has 0 aliphatic heterocycles. The van der Waals surface area contributed by atoms with E-state index in [0.717, 1.165) is 6.42 Å². The van der Waals surface area contributed by atoms with Gasteiger partial charge in [0.15, 0.2) is 18.1 Å². The number of thiocarbonyl (C=S) groups is 1. The van der Waals surface area contributed by atoms with Crippen molar-refractivity contribution in [2.24, 2.45) is 11.7 Å². The standard InChI is InChI=1S/C15H22N2O3S/c1-10(2)6-7-17-14(18)9-20-12-5-4-11(15(16)21)8-13(12)19-3/h4-5,8,10H,6-7,9H2,1-3H3,(H2,16,21)(H,17,18). The molecule has 0 radical (unpaired) electrons. The molecule has 116 valence electrons. The molecule has 0 saturated heterocycles. The van der Waals surface area contributed by atoms with E-state index < -0.39 is 0 Å². The minimum Gasteiger partial charge on any atom is -0.493 e. The summed E-state index contributed by atoms with van der Waals surface area (Å²) < 4.78 is 10.7. The molecule has 1 aromatic carbocycles. The molecule has 21 heavy (non-hydrogen) atoms. The highest BCUT2D eigenvalue weighted by atomic mass is 32.1. The molecule has 3 N–H and O–H groups in total. The van der Waals surface area contributed by atoms with Crippen molar-refractivity contribution in [1.29, 1.82) is 0 Å². The van der Waals surface area contributed by atoms with E-state index in [-0.39, 0.29) is 17.5 Å². The molecule has 1 amide bonds. The highest BCUT2D eigenvalue weighted by molar-refractivity contribution is 7.80. The van der Waals surface area contributed by atoms with Crippen molar-refractivity contribution in [3.05, 3.63) is 23.8 Å². The summed E-state index contributed by atoms with van der Waals surface area (Å²) in [6.07, 6.45) is 0.942. The van der Waals surface area contributed by atoms with Crippen LogP contribution in [-0.4, -0.2) is 31.2 Å². The number of methoxy groups -OCH3 is 1. The molecule has 0 aromatic heterocycles. The van der Waals surface area contributed by atoms with E-state index in [0.29, 0.717) is 29.5 Å². The Morgan fingerprint density at radius 3 is 2.67 bits per heavy atom. The van der Waals surface area contributed by atoms with Gasteiger partial charge in [-0.25, -0.2) is 0 Å². The van der Waals surface area contributed by atoms with Crippen molar-refractivity contribution in [3.63, 3.8) is 0 Å². The quantitative estimate of drug-likeness (QED) is 0.717. The van der Waals surface area contributed by atoms with Gasteiger partial charge in [0.1, 0.15) is 4.99 Å². The number of ether oxygens (including phenoxy) is 2. The van der Waals surface area contributed by atoms with Gasteiger partial charge >= 0.3 is 0 Å². The van der Waals surface area contributed by atoms with Crippen LogP contribution in [0.2, 0.25) is 0 Å². The maximum Gasteiger partial charge on any atom is 0.257 e. The molecule has 0 saturated carbocycles. The van der Waals surface area contributed by atoms with Gasteiger partial charge in [-0.3, -0.25) is 4.79 Å². The molecular weight excluding hydrogens is 288 g/mol. The highest BCUT2D eigenvalue weighted by Gasteiger charge is 2.09. The Bertz CT molecular complexity index is 504. The average molecular weight is 310 g/mol. The van der Waals surface area contributed by atoms with Gasteiger partial charge in [-0.1, -0.05) is 26.1 Å². The maximum atomic E-state index is 11.7. The molecule has 1 rings (SSSR count). The van der Waals surface area contributed by atoms with Gasteiger partial charge in [-0.2, -0.15) is 0 Å². The second-order valence-electron chi connectivity index (χ2n) is 5.05. The number of benzene rings is 1. The van der Waals surface area contributed by atoms with Gasteiger partial charge in [0.05, 0.1) is 7.11 Å². The molecule has 0 unspecified atom stereocenters. The van der Waals surface area contributed by atoms with E-state index in [1.807, 2.05) is 0 Å². The number of hydrogen-bond donors (Lipinski definition) is 2. The Morgan fingerprint density at radius 2 is 2.10 bits per heavy atom. The second kappa shape index (κ2) is 8.46. The summed E-state index contributed by atoms with van der Waals surface area (Å²) in [6.45, 7) is 4.81. The van der Waals surface area contributed by atoms with E-state index in [1.54, 1.807) is 18.2 Å². The highest BCUT2D eigenvalue weighted by Crippen LogP contribution is 2.27. The number of nitrogens with two attached hydrogens (primary N) is 1. The maximum absolute atomic E-state index is 11.7. The van der Waals surface area contributed by atoms with Crippen molar-refractivity contribution >= 4 is 23.1 Å². The van der Waals surface area contributed by atoms with E-state index in [1.165, 1.54) is 7.11 Å². The van der Waals surface area contributed by atoms with Gasteiger partial charge in [0.25, 0.3) is 5.91 Å². The predicted molar refractivity (Wildman–Crippen MR) is 86.8 cm³/mol. The number of nitrogens with one attached hydrogen (secondary N) is 1. The van der Waals surface area contributed by atoms with Crippen molar-refractivity contribution < 1.29 is 14.3 Å². The first kappa shape index (κ1) is 17.2. The normalized spacial score (nSPS) is 10.3. The van der Waals surface area contributed by atoms with Gasteiger partial charge in [-0.05, 0) is 30.5 Å². The Hall–Kier alpha value is -1.82. The molecule has 0 heterocycles. The van der Waals surface area contributed by atoms with Crippen LogP contribution in [0.5, 0.6) is 11.5 Å². The third-order valence-electron chi connectivity index (χ3n) is 2.85. The fourth-order valence-electron chi connectivity index (χ4n) is 1.63. The Balaban J connectivity index is 2.55. The minimum absolute atomic E-state index is 0.0547. The lowest BCUT2D eigenvalue weighted by Crippen LogP contribution is -2.30. The van der Waals surface area contributed by atoms with E-state index in [2.05, 4.69) is 19.2 Å². The van der Waals surface area contributed by atoms with Crippen molar-refractivity contribution in [2.45, 2.75) is 20.3 Å². The summed E-state index contributed by atoms with van der Waals surface area (Å²) in [4.78, 5) is 11.9. The monoisotopic (exact) mass is 310 g/mol. The summed E-state index contributed by atoms with van der Waals surface area (Å²) in [5, 5.41) is 2.81. The first-order chi connectivity index (χ1) is 9.93. The third kappa shape index (κ3) is 5.99. The average Bonchev–Trinajstić information content (AvgIpc) is 2.44. The summed E-state index contributed by atoms with van der Waals surface area (Å²) in [5.74, 6) is 1.38. The van der Waals surface area contributed by atoms with Crippen LogP contribution in [-0.2, 0) is 4.79 Å². The van der Waals surface area contributed by atoms with E-state index in [9.17, 15) is 4.79 Å². The van der Waals surface area contributed by atoms with Gasteiger partial charge < -0.3 is 20.5 Å². The molecule has 0 aliphatic carbocycles. The zero-order valence-corrected chi connectivity index (χ0v) is 13.5. The van der Waals surface area contributed by atoms with Gasteiger partial charge in [0.2, 0.25) is 0 Å². The molecular formula is C15H22N2O3S. The minimum atomic E-state index is -0.156. The van der Waals surface area contributed by atoms with Crippen molar-refractivity contribution in [3.8, 4) is 11.5 Å². The van der Waals surface area contributed by atoms with Crippen LogP contribution in [0.15, 0.2) is 18.2 Å². The zero-order chi connectivity index (χ0) is 15.8. The van der Waals surface area contributed by atoms with Crippen LogP contribution in [0.4, 0.5) is 0 Å². The Morgan fingerprint density at radius 1 is 1.38 bits per heavy atom. The summed E-state index contributed by atoms with van der Waals surface area (Å²) in [6, 6.07) is 5.11. The van der Waals surface area contributed by atoms with E-state index >= 15 is 0 Å². The third-order valence-corrected chi connectivity index (χ3v) is 3.09. The first-order valence-corrected chi connectivity index (χ1v) is 7.22. The van der Waals surface area contributed by atoms with Crippen LogP contribution < -0.4 is 20.5 Å². The van der Waals surface area contributed by atoms with Crippen molar-refractivity contribution in [1.82, 2.24) is 5.32 Å². The Labute approximate surface area is 130 Å². The fourth-order valence-corrected chi connectivity index (χ4v) is 1.76. The molecule has 0 atom stereocenters.